The summed E-state index contributed by atoms with van der Waals surface area (Å²) in [5.74, 6) is 0.760. The van der Waals surface area contributed by atoms with E-state index in [0.29, 0.717) is 13.1 Å². The number of hydrogen-bond donors (Lipinski definition) is 1. The van der Waals surface area contributed by atoms with E-state index in [4.69, 9.17) is 10.1 Å². The summed E-state index contributed by atoms with van der Waals surface area (Å²) in [7, 11) is 0. The largest absolute Gasteiger partial charge is 0.336 e. The maximum Gasteiger partial charge on any atom is 0.317 e. The molecule has 0 fully saturated rings. The van der Waals surface area contributed by atoms with E-state index >= 15 is 0 Å². The fraction of sp³-hybridized carbons (Fsp3) is 0.421. The first kappa shape index (κ1) is 17.0. The number of urea groups is 1. The number of nitrogens with one attached hydrogen (secondary N) is 1. The van der Waals surface area contributed by atoms with Crippen LogP contribution in [0.5, 0.6) is 0 Å². The lowest BCUT2D eigenvalue weighted by Gasteiger charge is -2.28. The number of rotatable bonds is 3. The van der Waals surface area contributed by atoms with Gasteiger partial charge in [-0.3, -0.25) is 0 Å². The smallest absolute Gasteiger partial charge is 0.317 e. The number of benzene rings is 1. The van der Waals surface area contributed by atoms with Gasteiger partial charge in [-0.25, -0.2) is 9.31 Å². The lowest BCUT2D eigenvalue weighted by Crippen LogP contribution is -2.45. The number of nitrogens with zero attached hydrogens (tertiary/aromatic N) is 4. The Morgan fingerprint density at radius 3 is 2.85 bits per heavy atom. The molecule has 4 rings (SSSR count). The summed E-state index contributed by atoms with van der Waals surface area (Å²) in [5, 5.41) is 7.76. The predicted octanol–water partition coefficient (Wildman–Crippen LogP) is 3.63. The van der Waals surface area contributed by atoms with Gasteiger partial charge in [-0.05, 0) is 20.3 Å². The van der Waals surface area contributed by atoms with E-state index in [1.807, 2.05) is 16.3 Å². The molecule has 0 saturated heterocycles. The number of carbonyl (C=O) groups excluding carboxylic acids is 1. The van der Waals surface area contributed by atoms with Gasteiger partial charge in [0.15, 0.2) is 5.82 Å². The van der Waals surface area contributed by atoms with Gasteiger partial charge in [-0.2, -0.15) is 4.98 Å². The van der Waals surface area contributed by atoms with Crippen molar-refractivity contribution >= 4 is 22.3 Å². The Bertz CT molecular complexity index is 943. The molecule has 2 aromatic heterocycles. The Hall–Kier alpha value is -2.41. The molecular weight excluding hydrogens is 346 g/mol. The van der Waals surface area contributed by atoms with E-state index in [2.05, 4.69) is 43.4 Å². The summed E-state index contributed by atoms with van der Waals surface area (Å²) in [6.45, 7) is 7.52. The van der Waals surface area contributed by atoms with Gasteiger partial charge in [0.25, 0.3) is 0 Å². The van der Waals surface area contributed by atoms with Crippen LogP contribution in [0.1, 0.15) is 36.4 Å². The first-order valence-corrected chi connectivity index (χ1v) is 9.86. The van der Waals surface area contributed by atoms with Crippen LogP contribution < -0.4 is 5.32 Å². The van der Waals surface area contributed by atoms with E-state index in [1.54, 1.807) is 11.3 Å². The van der Waals surface area contributed by atoms with Crippen molar-refractivity contribution in [1.29, 1.82) is 0 Å². The lowest BCUT2D eigenvalue weighted by atomic mass is 10.1. The third-order valence-corrected chi connectivity index (χ3v) is 5.96. The quantitative estimate of drug-likeness (QED) is 0.767. The van der Waals surface area contributed by atoms with Crippen LogP contribution in [-0.2, 0) is 13.0 Å². The van der Waals surface area contributed by atoms with Gasteiger partial charge in [-0.1, -0.05) is 48.1 Å². The summed E-state index contributed by atoms with van der Waals surface area (Å²) >= 11 is 1.63. The lowest BCUT2D eigenvalue weighted by molar-refractivity contribution is 0.189. The van der Waals surface area contributed by atoms with Crippen molar-refractivity contribution in [2.75, 3.05) is 6.54 Å². The monoisotopic (exact) mass is 369 g/mol. The number of aromatic nitrogens is 3. The van der Waals surface area contributed by atoms with Gasteiger partial charge >= 0.3 is 6.03 Å². The average Bonchev–Trinajstić information content (AvgIpc) is 3.19. The molecule has 1 aliphatic rings. The normalized spacial score (nSPS) is 15.1. The molecule has 136 valence electrons. The first-order chi connectivity index (χ1) is 12.5. The zero-order valence-corrected chi connectivity index (χ0v) is 16.1. The van der Waals surface area contributed by atoms with Crippen LogP contribution in [0.3, 0.4) is 0 Å². The second-order valence-electron chi connectivity index (χ2n) is 6.90. The molecule has 0 unspecified atom stereocenters. The maximum atomic E-state index is 12.4. The van der Waals surface area contributed by atoms with Crippen molar-refractivity contribution < 1.29 is 4.79 Å². The molecule has 2 amide bonds. The molecule has 0 radical (unpaired) electrons. The molecule has 1 atom stereocenters. The predicted molar refractivity (Wildman–Crippen MR) is 103 cm³/mol. The topological polar surface area (TPSA) is 62.5 Å². The third kappa shape index (κ3) is 3.07. The Balaban J connectivity index is 1.57. The van der Waals surface area contributed by atoms with Crippen molar-refractivity contribution in [2.45, 2.75) is 46.2 Å². The summed E-state index contributed by atoms with van der Waals surface area (Å²) in [6.07, 6.45) is 1.74. The molecule has 0 saturated carbocycles. The zero-order valence-electron chi connectivity index (χ0n) is 15.3. The minimum atomic E-state index is 0.0179. The van der Waals surface area contributed by atoms with Crippen LogP contribution >= 0.6 is 11.3 Å². The van der Waals surface area contributed by atoms with Crippen LogP contribution in [-0.4, -0.2) is 38.1 Å². The van der Waals surface area contributed by atoms with Gasteiger partial charge in [0.05, 0.1) is 12.2 Å². The summed E-state index contributed by atoms with van der Waals surface area (Å²) in [6, 6.07) is 8.49. The molecular formula is C19H23N5OS. The Morgan fingerprint density at radius 1 is 1.35 bits per heavy atom. The van der Waals surface area contributed by atoms with E-state index in [0.717, 1.165) is 29.2 Å². The standard InChI is InChI=1S/C19H23N5OS/c1-4-13(3)20-18(25)23-10-9-15-16(11-23)26-19-21-17(22-24(15)19)14-7-5-12(2)6-8-14/h5-8,13H,4,9-11H2,1-3H3,(H,20,25)/t13-/m1/s1. The highest BCUT2D eigenvalue weighted by Crippen LogP contribution is 2.29. The highest BCUT2D eigenvalue weighted by atomic mass is 32.1. The summed E-state index contributed by atoms with van der Waals surface area (Å²) < 4.78 is 1.96. The number of aryl methyl sites for hydroxylation is 1. The fourth-order valence-electron chi connectivity index (χ4n) is 3.09. The zero-order chi connectivity index (χ0) is 18.3. The molecule has 0 aliphatic carbocycles. The third-order valence-electron chi connectivity index (χ3n) is 4.90. The molecule has 0 bridgehead atoms. The molecule has 6 nitrogen and oxygen atoms in total. The highest BCUT2D eigenvalue weighted by Gasteiger charge is 2.26. The van der Waals surface area contributed by atoms with Crippen molar-refractivity contribution in [3.05, 3.63) is 40.4 Å². The minimum Gasteiger partial charge on any atom is -0.336 e. The summed E-state index contributed by atoms with van der Waals surface area (Å²) in [4.78, 5) is 21.0. The van der Waals surface area contributed by atoms with Gasteiger partial charge in [0, 0.05) is 29.4 Å². The minimum absolute atomic E-state index is 0.0179. The van der Waals surface area contributed by atoms with Gasteiger partial charge in [0.1, 0.15) is 0 Å². The highest BCUT2D eigenvalue weighted by molar-refractivity contribution is 7.17. The van der Waals surface area contributed by atoms with Crippen LogP contribution in [0, 0.1) is 6.92 Å². The second kappa shape index (κ2) is 6.72. The first-order valence-electron chi connectivity index (χ1n) is 9.05. The van der Waals surface area contributed by atoms with Gasteiger partial charge in [0.2, 0.25) is 4.96 Å². The molecule has 26 heavy (non-hydrogen) atoms. The fourth-order valence-corrected chi connectivity index (χ4v) is 4.21. The molecule has 7 heteroatoms. The molecule has 1 N–H and O–H groups in total. The number of carbonyl (C=O) groups is 1. The summed E-state index contributed by atoms with van der Waals surface area (Å²) in [5.41, 5.74) is 3.44. The SMILES string of the molecule is CC[C@@H](C)NC(=O)N1CCc2c(sc3nc(-c4ccc(C)cc4)nn23)C1. The van der Waals surface area contributed by atoms with E-state index in [1.165, 1.54) is 16.1 Å². The van der Waals surface area contributed by atoms with E-state index < -0.39 is 0 Å². The van der Waals surface area contributed by atoms with Gasteiger partial charge in [-0.15, -0.1) is 5.10 Å². The van der Waals surface area contributed by atoms with E-state index in [9.17, 15) is 4.79 Å². The second-order valence-corrected chi connectivity index (χ2v) is 7.96. The Labute approximate surface area is 156 Å². The number of thiazole rings is 1. The number of hydrogen-bond acceptors (Lipinski definition) is 4. The van der Waals surface area contributed by atoms with E-state index in [-0.39, 0.29) is 12.1 Å². The molecule has 0 spiro atoms. The van der Waals surface area contributed by atoms with Crippen LogP contribution in [0.2, 0.25) is 0 Å². The Kier molecular flexibility index (Phi) is 4.40. The van der Waals surface area contributed by atoms with Crippen molar-refractivity contribution in [1.82, 2.24) is 24.8 Å². The maximum absolute atomic E-state index is 12.4. The van der Waals surface area contributed by atoms with Crippen molar-refractivity contribution in [3.63, 3.8) is 0 Å². The molecule has 1 aliphatic heterocycles. The van der Waals surface area contributed by atoms with Crippen molar-refractivity contribution in [3.8, 4) is 11.4 Å². The molecule has 3 aromatic rings. The Morgan fingerprint density at radius 2 is 2.12 bits per heavy atom. The van der Waals surface area contributed by atoms with Crippen LogP contribution in [0.25, 0.3) is 16.3 Å². The molecule has 3 heterocycles. The van der Waals surface area contributed by atoms with Crippen LogP contribution in [0.15, 0.2) is 24.3 Å². The van der Waals surface area contributed by atoms with Gasteiger partial charge < -0.3 is 10.2 Å². The average molecular weight is 369 g/mol. The van der Waals surface area contributed by atoms with Crippen molar-refractivity contribution in [2.24, 2.45) is 0 Å². The number of fused-ring (bicyclic) bond motifs is 3. The number of amides is 2. The van der Waals surface area contributed by atoms with Crippen LogP contribution in [0.4, 0.5) is 4.79 Å². The molecule has 1 aromatic carbocycles.